The zero-order valence-electron chi connectivity index (χ0n) is 58.3. The van der Waals surface area contributed by atoms with Gasteiger partial charge >= 0.3 is 54.7 Å². The SMILES string of the molecule is C.C.C.CCC(=O)OCC(=O)[C@@]1(OC(=O)CC)[C@@H](C)C[C@H]2[C@@H]3CCC4=CC(=O)C=C[C@]4(C)[C@@]3(Cl)[C@@H](O)C[C@@]21C.CCOP(=O)(COS(=O)(=O)C(F)(F)F)OCC.CCOP(=O)(CO[C@H]1C[C@@]2(C)[C@@H](C[C@H](C)[C@]2(OC(=O)CC)C(=O)COC(=O)CC)[C@@H]2CCC3=CC(=O)C=C[C@]3(C)[C@@]12Cl)OCC. The molecule has 0 aromatic carbocycles. The van der Waals surface area contributed by atoms with Crippen LogP contribution in [0.1, 0.15) is 196 Å². The van der Waals surface area contributed by atoms with Gasteiger partial charge in [0.25, 0.3) is 0 Å². The number of hydrogen-bond acceptors (Lipinski definition) is 23. The van der Waals surface area contributed by atoms with Crippen molar-refractivity contribution in [3.05, 3.63) is 47.6 Å². The van der Waals surface area contributed by atoms with Crippen LogP contribution in [0.2, 0.25) is 0 Å². The number of alkyl halides is 5. The van der Waals surface area contributed by atoms with E-state index < -0.39 is 147 Å². The highest BCUT2D eigenvalue weighted by Gasteiger charge is 2.79. The lowest BCUT2D eigenvalue weighted by molar-refractivity contribution is -0.206. The summed E-state index contributed by atoms with van der Waals surface area (Å²) in [6.07, 6.45) is 10.7. The van der Waals surface area contributed by atoms with Crippen molar-refractivity contribution in [1.82, 2.24) is 0 Å². The molecule has 0 bridgehead atoms. The molecule has 0 spiro atoms. The van der Waals surface area contributed by atoms with Crippen LogP contribution >= 0.6 is 38.4 Å². The first-order valence-corrected chi connectivity index (χ1v) is 39.2. The number of esters is 4. The zero-order valence-corrected chi connectivity index (χ0v) is 62.5. The van der Waals surface area contributed by atoms with Gasteiger partial charge in [-0.25, -0.2) is 0 Å². The van der Waals surface area contributed by atoms with Gasteiger partial charge in [-0.1, -0.05) is 115 Å². The van der Waals surface area contributed by atoms with Gasteiger partial charge in [0.15, 0.2) is 42.3 Å². The van der Waals surface area contributed by atoms with E-state index in [1.807, 2.05) is 53.7 Å². The molecule has 8 rings (SSSR count). The molecule has 578 valence electrons. The van der Waals surface area contributed by atoms with Crippen molar-refractivity contribution in [2.24, 2.45) is 57.2 Å². The first kappa shape index (κ1) is 91.2. The first-order chi connectivity index (χ1) is 45.5. The minimum Gasteiger partial charge on any atom is -0.457 e. The number of allylic oxidation sites excluding steroid dienone is 8. The molecule has 0 aromatic rings. The third-order valence-corrected chi connectivity index (χ3v) is 28.5. The second kappa shape index (κ2) is 34.7. The Morgan fingerprint density at radius 1 is 0.574 bits per heavy atom. The van der Waals surface area contributed by atoms with E-state index in [4.69, 9.17) is 55.9 Å². The van der Waals surface area contributed by atoms with Crippen LogP contribution in [0.15, 0.2) is 47.6 Å². The summed E-state index contributed by atoms with van der Waals surface area (Å²) in [6, 6.07) is 0. The lowest BCUT2D eigenvalue weighted by Crippen LogP contribution is -2.70. The van der Waals surface area contributed by atoms with Crippen molar-refractivity contribution >= 4 is 95.5 Å². The van der Waals surface area contributed by atoms with Gasteiger partial charge in [0.1, 0.15) is 6.35 Å². The number of carbonyl (C=O) groups is 8. The van der Waals surface area contributed by atoms with E-state index in [2.05, 4.69) is 13.2 Å². The zero-order chi connectivity index (χ0) is 73.8. The summed E-state index contributed by atoms with van der Waals surface area (Å²) in [4.78, 5) is 100. The monoisotopic (exact) mass is 1540 g/mol. The molecule has 0 radical (unpaired) electrons. The lowest BCUT2D eigenvalue weighted by atomic mass is 9.45. The summed E-state index contributed by atoms with van der Waals surface area (Å²) in [5.41, 5.74) is -10.4. The van der Waals surface area contributed by atoms with Gasteiger partial charge in [0.05, 0.1) is 48.4 Å². The van der Waals surface area contributed by atoms with Crippen LogP contribution in [0.25, 0.3) is 0 Å². The molecular weight excluding hydrogens is 1430 g/mol. The second-order valence-electron chi connectivity index (χ2n) is 27.1. The fourth-order valence-corrected chi connectivity index (χ4v) is 22.2. The van der Waals surface area contributed by atoms with Crippen molar-refractivity contribution < 1.29 is 120 Å². The third kappa shape index (κ3) is 16.6. The van der Waals surface area contributed by atoms with Gasteiger partial charge in [0, 0.05) is 59.2 Å². The number of fused-ring (bicyclic) bond motifs is 10. The van der Waals surface area contributed by atoms with Crippen LogP contribution in [0.4, 0.5) is 13.2 Å². The van der Waals surface area contributed by atoms with E-state index in [1.54, 1.807) is 53.7 Å². The number of Topliss-reactive ketones (excluding diaryl/α,β-unsaturated/α-hetero) is 2. The van der Waals surface area contributed by atoms with E-state index in [1.165, 1.54) is 26.0 Å². The number of aliphatic hydroxyl groups excluding tert-OH is 1. The standard InChI is InChI=1S/C33H48ClO10P.C28H37ClO7.C6H12F3O6PS.3CH4/c1-8-28(37)40-19-26(36)33(44-29(38)9-2)21(5)16-25-24-13-12-22-17-23(35)14-15-30(22,6)32(24,34)27(18-31(25,33)7)41-20-45(39,42-10-3)43-11-4;1-6-23(33)35-15-22(32)28(36-24(34)7-2)16(3)12-20-19-9-8-17-13-18(30)10-11-25(17,4)27(19,29)21(31)14-26(20,28)5;1-3-13-16(10,14-4-2)5-15-17(11,12)6(7,8)9;;;/h14-15,17,21,24-25,27H,8-13,16,18-20H2,1-7H3;10-11,13,16,19-21,31H,6-9,12,14-15H2,1-5H3;3-5H2,1-2H3;3*1H4/t21-,24-,25-,27-,30-,31-,32-,33-;16-,19-,20-,21-,25-,26-,27-,28-;;;;/m00..../s1. The molecule has 0 unspecified atom stereocenters. The molecule has 0 heterocycles. The molecule has 101 heavy (non-hydrogen) atoms. The Hall–Kier alpha value is -3.98. The molecule has 23 nitrogen and oxygen atoms in total. The quantitative estimate of drug-likeness (QED) is 0.0210. The molecule has 0 aliphatic heterocycles. The van der Waals surface area contributed by atoms with Crippen LogP contribution in [-0.4, -0.2) is 152 Å². The van der Waals surface area contributed by atoms with Crippen LogP contribution in [0.5, 0.6) is 0 Å². The number of carbonyl (C=O) groups excluding carboxylic acids is 8. The predicted octanol–water partition coefficient (Wildman–Crippen LogP) is 14.4. The van der Waals surface area contributed by atoms with Crippen LogP contribution < -0.4 is 0 Å². The summed E-state index contributed by atoms with van der Waals surface area (Å²) < 4.78 is 135. The van der Waals surface area contributed by atoms with Crippen molar-refractivity contribution in [1.29, 1.82) is 0 Å². The van der Waals surface area contributed by atoms with Crippen molar-refractivity contribution in [2.45, 2.75) is 235 Å². The summed E-state index contributed by atoms with van der Waals surface area (Å²) in [5, 5.41) is 11.8. The molecule has 0 amide bonds. The topological polar surface area (TPSA) is 317 Å². The summed E-state index contributed by atoms with van der Waals surface area (Å²) >= 11 is 15.4. The van der Waals surface area contributed by atoms with Gasteiger partial charge in [-0.05, 0) is 127 Å². The predicted molar refractivity (Wildman–Crippen MR) is 373 cm³/mol. The number of ketones is 4. The van der Waals surface area contributed by atoms with Gasteiger partial charge in [-0.2, -0.15) is 21.6 Å². The maximum absolute atomic E-state index is 14.3. The largest absolute Gasteiger partial charge is 0.523 e. The third-order valence-electron chi connectivity index (χ3n) is 22.0. The highest BCUT2D eigenvalue weighted by atomic mass is 35.5. The lowest BCUT2D eigenvalue weighted by Gasteiger charge is -2.64. The minimum atomic E-state index is -5.80. The second-order valence-corrected chi connectivity index (χ2v) is 34.0. The maximum Gasteiger partial charge on any atom is 0.523 e. The Morgan fingerprint density at radius 2 is 0.931 bits per heavy atom. The normalized spacial score (nSPS) is 34.3. The molecule has 8 aliphatic carbocycles. The average molecular weight is 1540 g/mol. The highest BCUT2D eigenvalue weighted by molar-refractivity contribution is 7.87. The summed E-state index contributed by atoms with van der Waals surface area (Å²) in [7, 11) is -13.5. The Morgan fingerprint density at radius 3 is 1.30 bits per heavy atom. The molecule has 8 aliphatic rings. The Kier molecular flexibility index (Phi) is 31.4. The average Bonchev–Trinajstić information content (AvgIpc) is 1.60. The van der Waals surface area contributed by atoms with Crippen LogP contribution in [0, 0.1) is 57.2 Å². The van der Waals surface area contributed by atoms with Crippen molar-refractivity contribution in [2.75, 3.05) is 52.3 Å². The Labute approximate surface area is 604 Å². The van der Waals surface area contributed by atoms with Crippen LogP contribution in [0.3, 0.4) is 0 Å². The molecule has 16 atom stereocenters. The van der Waals surface area contributed by atoms with E-state index in [9.17, 15) is 74.2 Å². The van der Waals surface area contributed by atoms with Crippen molar-refractivity contribution in [3.63, 3.8) is 0 Å². The number of aliphatic hydroxyl groups is 1. The maximum atomic E-state index is 14.3. The number of halogens is 5. The van der Waals surface area contributed by atoms with Crippen molar-refractivity contribution in [3.8, 4) is 0 Å². The van der Waals surface area contributed by atoms with Gasteiger partial charge in [-0.3, -0.25) is 51.7 Å². The minimum absolute atomic E-state index is 0. The molecular formula is C70H109Cl2F3O23P2S. The van der Waals surface area contributed by atoms with E-state index in [0.717, 1.165) is 11.1 Å². The molecule has 6 saturated carbocycles. The van der Waals surface area contributed by atoms with Crippen LogP contribution in [-0.2, 0) is 104 Å². The summed E-state index contributed by atoms with van der Waals surface area (Å²) in [5.74, 6) is -4.77. The molecule has 1 N–H and O–H groups in total. The van der Waals surface area contributed by atoms with Gasteiger partial charge in [0.2, 0.25) is 11.6 Å². The highest BCUT2D eigenvalue weighted by Crippen LogP contribution is 2.75. The Bertz CT molecular complexity index is 3380. The number of rotatable bonds is 26. The molecule has 31 heteroatoms. The van der Waals surface area contributed by atoms with Gasteiger partial charge in [-0.15, -0.1) is 23.2 Å². The van der Waals surface area contributed by atoms with E-state index in [-0.39, 0.29) is 135 Å². The fourth-order valence-electron chi connectivity index (χ4n) is 17.5. The van der Waals surface area contributed by atoms with E-state index in [0.29, 0.717) is 38.5 Å². The van der Waals surface area contributed by atoms with Gasteiger partial charge < -0.3 is 46.9 Å². The smallest absolute Gasteiger partial charge is 0.457 e. The molecule has 0 saturated heterocycles. The molecule has 6 fully saturated rings. The first-order valence-electron chi connectivity index (χ1n) is 33.6. The molecule has 0 aromatic heterocycles. The number of hydrogen-bond donors (Lipinski definition) is 1. The van der Waals surface area contributed by atoms with E-state index >= 15 is 0 Å². The number of ether oxygens (including phenoxy) is 5. The summed E-state index contributed by atoms with van der Waals surface area (Å²) in [6.45, 7) is 23.6. The Balaban J connectivity index is 0.000000424. The fraction of sp³-hybridized carbons (Fsp3) is 0.771.